The largest absolute Gasteiger partial charge is 0.469 e. The van der Waals surface area contributed by atoms with E-state index in [4.69, 9.17) is 4.74 Å². The van der Waals surface area contributed by atoms with E-state index in [9.17, 15) is 4.79 Å². The van der Waals surface area contributed by atoms with Crippen molar-refractivity contribution in [3.05, 3.63) is 29.1 Å². The molecule has 4 heteroatoms. The molecule has 0 saturated carbocycles. The molecule has 2 heterocycles. The fourth-order valence-corrected chi connectivity index (χ4v) is 2.09. The molecule has 0 spiro atoms. The molecule has 0 saturated heterocycles. The van der Waals surface area contributed by atoms with Crippen LogP contribution in [0.15, 0.2) is 12.3 Å². The summed E-state index contributed by atoms with van der Waals surface area (Å²) in [5, 5.41) is 1.09. The van der Waals surface area contributed by atoms with E-state index in [-0.39, 0.29) is 12.4 Å². The van der Waals surface area contributed by atoms with E-state index in [1.54, 1.807) is 0 Å². The number of methoxy groups -OCH3 is 1. The number of nitrogens with zero attached hydrogens (tertiary/aromatic N) is 2. The van der Waals surface area contributed by atoms with Gasteiger partial charge in [-0.3, -0.25) is 4.79 Å². The molecule has 4 nitrogen and oxygen atoms in total. The minimum Gasteiger partial charge on any atom is -0.469 e. The van der Waals surface area contributed by atoms with Crippen molar-refractivity contribution in [2.75, 3.05) is 7.11 Å². The van der Waals surface area contributed by atoms with Crippen LogP contribution in [0, 0.1) is 13.8 Å². The number of aromatic nitrogens is 2. The highest BCUT2D eigenvalue weighted by Gasteiger charge is 2.14. The zero-order chi connectivity index (χ0) is 12.6. The number of carbonyl (C=O) groups is 1. The van der Waals surface area contributed by atoms with Crippen molar-refractivity contribution in [1.29, 1.82) is 0 Å². The third kappa shape index (κ3) is 1.90. The van der Waals surface area contributed by atoms with Crippen LogP contribution < -0.4 is 0 Å². The van der Waals surface area contributed by atoms with Crippen molar-refractivity contribution in [3.8, 4) is 0 Å². The SMILES string of the molecule is COC(=O)Cc1c(C)nc2c(ccn2C)c1C. The van der Waals surface area contributed by atoms with Crippen LogP contribution in [0.5, 0.6) is 0 Å². The van der Waals surface area contributed by atoms with Crippen molar-refractivity contribution in [1.82, 2.24) is 9.55 Å². The van der Waals surface area contributed by atoms with Crippen LogP contribution in [-0.2, 0) is 23.0 Å². The van der Waals surface area contributed by atoms with Gasteiger partial charge in [-0.15, -0.1) is 0 Å². The van der Waals surface area contributed by atoms with E-state index >= 15 is 0 Å². The van der Waals surface area contributed by atoms with Gasteiger partial charge in [0.25, 0.3) is 0 Å². The Morgan fingerprint density at radius 3 is 2.82 bits per heavy atom. The summed E-state index contributed by atoms with van der Waals surface area (Å²) in [7, 11) is 3.37. The van der Waals surface area contributed by atoms with Gasteiger partial charge in [-0.05, 0) is 31.0 Å². The minimum absolute atomic E-state index is 0.228. The quantitative estimate of drug-likeness (QED) is 0.743. The average Bonchev–Trinajstić information content (AvgIpc) is 2.66. The molecule has 0 atom stereocenters. The number of ether oxygens (including phenoxy) is 1. The van der Waals surface area contributed by atoms with Gasteiger partial charge in [0.1, 0.15) is 5.65 Å². The summed E-state index contributed by atoms with van der Waals surface area (Å²) in [4.78, 5) is 15.9. The van der Waals surface area contributed by atoms with E-state index in [0.717, 1.165) is 27.9 Å². The van der Waals surface area contributed by atoms with Gasteiger partial charge < -0.3 is 9.30 Å². The van der Waals surface area contributed by atoms with Gasteiger partial charge in [-0.1, -0.05) is 0 Å². The van der Waals surface area contributed by atoms with E-state index < -0.39 is 0 Å². The summed E-state index contributed by atoms with van der Waals surface area (Å²) in [6.45, 7) is 3.95. The molecule has 0 bridgehead atoms. The topological polar surface area (TPSA) is 44.1 Å². The van der Waals surface area contributed by atoms with Crippen LogP contribution in [0.1, 0.15) is 16.8 Å². The maximum absolute atomic E-state index is 11.4. The molecular formula is C13H16N2O2. The van der Waals surface area contributed by atoms with Crippen LogP contribution >= 0.6 is 0 Å². The maximum Gasteiger partial charge on any atom is 0.310 e. The fraction of sp³-hybridized carbons (Fsp3) is 0.385. The smallest absolute Gasteiger partial charge is 0.310 e. The summed E-state index contributed by atoms with van der Waals surface area (Å²) >= 11 is 0. The number of rotatable bonds is 2. The third-order valence-electron chi connectivity index (χ3n) is 3.16. The number of carbonyl (C=O) groups excluding carboxylic acids is 1. The summed E-state index contributed by atoms with van der Waals surface area (Å²) < 4.78 is 6.69. The maximum atomic E-state index is 11.4. The molecule has 90 valence electrons. The fourth-order valence-electron chi connectivity index (χ4n) is 2.09. The molecule has 0 N–H and O–H groups in total. The van der Waals surface area contributed by atoms with Gasteiger partial charge in [0.15, 0.2) is 0 Å². The summed E-state index contributed by atoms with van der Waals surface area (Å²) in [5.74, 6) is -0.228. The molecule has 2 aromatic heterocycles. The van der Waals surface area contributed by atoms with Gasteiger partial charge >= 0.3 is 5.97 Å². The molecule has 2 rings (SSSR count). The first kappa shape index (κ1) is 11.6. The minimum atomic E-state index is -0.228. The number of esters is 1. The van der Waals surface area contributed by atoms with Crippen LogP contribution in [0.3, 0.4) is 0 Å². The Morgan fingerprint density at radius 2 is 2.18 bits per heavy atom. The Kier molecular flexibility index (Phi) is 2.88. The van der Waals surface area contributed by atoms with Crippen LogP contribution in [0.25, 0.3) is 11.0 Å². The molecule has 0 amide bonds. The second kappa shape index (κ2) is 4.20. The van der Waals surface area contributed by atoms with Crippen LogP contribution in [0.2, 0.25) is 0 Å². The molecule has 0 radical (unpaired) electrons. The Bertz CT molecular complexity index is 585. The lowest BCUT2D eigenvalue weighted by molar-refractivity contribution is -0.139. The van der Waals surface area contributed by atoms with Gasteiger partial charge in [0.2, 0.25) is 0 Å². The molecule has 0 fully saturated rings. The van der Waals surface area contributed by atoms with Crippen molar-refractivity contribution in [2.45, 2.75) is 20.3 Å². The van der Waals surface area contributed by atoms with E-state index in [2.05, 4.69) is 4.98 Å². The van der Waals surface area contributed by atoms with Crippen molar-refractivity contribution >= 4 is 17.0 Å². The molecule has 2 aromatic rings. The molecule has 0 aromatic carbocycles. The highest BCUT2D eigenvalue weighted by atomic mass is 16.5. The lowest BCUT2D eigenvalue weighted by atomic mass is 10.0. The highest BCUT2D eigenvalue weighted by Crippen LogP contribution is 2.23. The predicted octanol–water partition coefficient (Wildman–Crippen LogP) is 1.91. The number of fused-ring (bicyclic) bond motifs is 1. The van der Waals surface area contributed by atoms with Gasteiger partial charge in [0, 0.05) is 24.3 Å². The normalized spacial score (nSPS) is 10.8. The summed E-state index contributed by atoms with van der Waals surface area (Å²) in [6, 6.07) is 2.03. The summed E-state index contributed by atoms with van der Waals surface area (Å²) in [5.41, 5.74) is 3.92. The number of pyridine rings is 1. The van der Waals surface area contributed by atoms with E-state index in [1.807, 2.05) is 37.7 Å². The van der Waals surface area contributed by atoms with Crippen molar-refractivity contribution in [3.63, 3.8) is 0 Å². The van der Waals surface area contributed by atoms with Crippen LogP contribution in [0.4, 0.5) is 0 Å². The Labute approximate surface area is 100 Å². The lowest BCUT2D eigenvalue weighted by Crippen LogP contribution is -2.09. The van der Waals surface area contributed by atoms with E-state index in [0.29, 0.717) is 0 Å². The standard InChI is InChI=1S/C13H16N2O2/c1-8-10-5-6-15(3)13(10)14-9(2)11(8)7-12(16)17-4/h5-6H,7H2,1-4H3. The van der Waals surface area contributed by atoms with Gasteiger partial charge in [-0.25, -0.2) is 4.98 Å². The first-order chi connectivity index (χ1) is 8.04. The number of hydrogen-bond acceptors (Lipinski definition) is 3. The first-order valence-electron chi connectivity index (χ1n) is 5.52. The molecule has 0 unspecified atom stereocenters. The van der Waals surface area contributed by atoms with Gasteiger partial charge in [0.05, 0.1) is 13.5 Å². The van der Waals surface area contributed by atoms with Crippen molar-refractivity contribution in [2.24, 2.45) is 7.05 Å². The predicted molar refractivity (Wildman–Crippen MR) is 65.9 cm³/mol. The Balaban J connectivity index is 2.60. The second-order valence-electron chi connectivity index (χ2n) is 4.22. The third-order valence-corrected chi connectivity index (χ3v) is 3.16. The zero-order valence-electron chi connectivity index (χ0n) is 10.6. The van der Waals surface area contributed by atoms with Crippen LogP contribution in [-0.4, -0.2) is 22.6 Å². The summed E-state index contributed by atoms with van der Waals surface area (Å²) in [6.07, 6.45) is 2.26. The lowest BCUT2D eigenvalue weighted by Gasteiger charge is -2.10. The highest BCUT2D eigenvalue weighted by molar-refractivity contribution is 5.83. The molecule has 0 aliphatic rings. The average molecular weight is 232 g/mol. The molecule has 0 aliphatic carbocycles. The molecular weight excluding hydrogens is 216 g/mol. The molecule has 17 heavy (non-hydrogen) atoms. The number of aryl methyl sites for hydroxylation is 3. The monoisotopic (exact) mass is 232 g/mol. The van der Waals surface area contributed by atoms with Crippen molar-refractivity contribution < 1.29 is 9.53 Å². The second-order valence-corrected chi connectivity index (χ2v) is 4.22. The first-order valence-corrected chi connectivity index (χ1v) is 5.52. The number of hydrogen-bond donors (Lipinski definition) is 0. The van der Waals surface area contributed by atoms with Gasteiger partial charge in [-0.2, -0.15) is 0 Å². The van der Waals surface area contributed by atoms with E-state index in [1.165, 1.54) is 7.11 Å². The zero-order valence-corrected chi connectivity index (χ0v) is 10.6. The Hall–Kier alpha value is -1.84. The Morgan fingerprint density at radius 1 is 1.47 bits per heavy atom. The molecule has 0 aliphatic heterocycles.